The monoisotopic (exact) mass is 386 g/mol. The van der Waals surface area contributed by atoms with Crippen molar-refractivity contribution in [1.29, 1.82) is 0 Å². The fraction of sp³-hybridized carbons (Fsp3) is 0.500. The van der Waals surface area contributed by atoms with Crippen molar-refractivity contribution in [3.05, 3.63) is 30.0 Å². The standard InChI is InChI=1S/C20H26N4O2S/c1-21-18(25)10-15-12-27-20(23-15)17-9-14-3-2-4-16(19(14)24-17)22-11-13-5-7-26-8-6-13/h2-4,9,13,15,22,24H,5-8,10-12H2,1H3,(H,21,25)/t15-/m1/s1. The Morgan fingerprint density at radius 2 is 2.22 bits per heavy atom. The molecule has 0 bridgehead atoms. The predicted octanol–water partition coefficient (Wildman–Crippen LogP) is 3.00. The van der Waals surface area contributed by atoms with Crippen LogP contribution in [0.1, 0.15) is 25.0 Å². The molecule has 1 aromatic carbocycles. The molecule has 2 aromatic rings. The number of carbonyl (C=O) groups is 1. The Morgan fingerprint density at radius 3 is 3.04 bits per heavy atom. The number of thioether (sulfide) groups is 1. The molecular formula is C20H26N4O2S. The molecule has 1 atom stereocenters. The summed E-state index contributed by atoms with van der Waals surface area (Å²) in [6.07, 6.45) is 2.70. The third-order valence-corrected chi connectivity index (χ3v) is 6.37. The van der Waals surface area contributed by atoms with Gasteiger partial charge in [0.25, 0.3) is 0 Å². The van der Waals surface area contributed by atoms with Crippen molar-refractivity contribution >= 4 is 39.3 Å². The maximum atomic E-state index is 11.6. The summed E-state index contributed by atoms with van der Waals surface area (Å²) in [5.74, 6) is 1.57. The van der Waals surface area contributed by atoms with E-state index in [1.165, 1.54) is 5.39 Å². The van der Waals surface area contributed by atoms with Gasteiger partial charge in [-0.3, -0.25) is 9.79 Å². The van der Waals surface area contributed by atoms with Gasteiger partial charge in [-0.05, 0) is 30.9 Å². The van der Waals surface area contributed by atoms with Crippen molar-refractivity contribution in [3.8, 4) is 0 Å². The number of nitrogens with zero attached hydrogens (tertiary/aromatic N) is 1. The van der Waals surface area contributed by atoms with Crippen molar-refractivity contribution in [1.82, 2.24) is 10.3 Å². The highest BCUT2D eigenvalue weighted by Crippen LogP contribution is 2.30. The first-order valence-electron chi connectivity index (χ1n) is 9.58. The van der Waals surface area contributed by atoms with Gasteiger partial charge in [0.05, 0.1) is 22.9 Å². The highest BCUT2D eigenvalue weighted by atomic mass is 32.2. The van der Waals surface area contributed by atoms with Crippen LogP contribution < -0.4 is 10.6 Å². The van der Waals surface area contributed by atoms with Gasteiger partial charge in [-0.1, -0.05) is 12.1 Å². The zero-order valence-corrected chi connectivity index (χ0v) is 16.4. The molecule has 2 aliphatic rings. The van der Waals surface area contributed by atoms with Crippen LogP contribution in [0, 0.1) is 5.92 Å². The molecule has 144 valence electrons. The number of rotatable bonds is 6. The van der Waals surface area contributed by atoms with Gasteiger partial charge in [-0.2, -0.15) is 0 Å². The second-order valence-corrected chi connectivity index (χ2v) is 8.17. The molecule has 4 rings (SSSR count). The van der Waals surface area contributed by atoms with Crippen molar-refractivity contribution in [3.63, 3.8) is 0 Å². The fourth-order valence-electron chi connectivity index (χ4n) is 3.61. The molecule has 0 aliphatic carbocycles. The average molecular weight is 387 g/mol. The van der Waals surface area contributed by atoms with Crippen LogP contribution in [0.5, 0.6) is 0 Å². The molecule has 1 amide bonds. The quantitative estimate of drug-likeness (QED) is 0.713. The summed E-state index contributed by atoms with van der Waals surface area (Å²) >= 11 is 1.72. The topological polar surface area (TPSA) is 78.5 Å². The van der Waals surface area contributed by atoms with Crippen LogP contribution >= 0.6 is 11.8 Å². The number of para-hydroxylation sites is 1. The molecule has 1 saturated heterocycles. The number of hydrogen-bond donors (Lipinski definition) is 3. The largest absolute Gasteiger partial charge is 0.383 e. The van der Waals surface area contributed by atoms with Gasteiger partial charge in [0.15, 0.2) is 0 Å². The lowest BCUT2D eigenvalue weighted by Crippen LogP contribution is -2.23. The maximum absolute atomic E-state index is 11.6. The lowest BCUT2D eigenvalue weighted by molar-refractivity contribution is -0.120. The number of aliphatic imine (C=N–C) groups is 1. The molecule has 1 aromatic heterocycles. The van der Waals surface area contributed by atoms with Crippen molar-refractivity contribution in [2.75, 3.05) is 37.9 Å². The van der Waals surface area contributed by atoms with Crippen LogP contribution in [-0.4, -0.2) is 54.5 Å². The second kappa shape index (κ2) is 8.35. The van der Waals surface area contributed by atoms with Crippen molar-refractivity contribution in [2.24, 2.45) is 10.9 Å². The van der Waals surface area contributed by atoms with Gasteiger partial charge in [0.2, 0.25) is 5.91 Å². The number of aromatic amines is 1. The first-order chi connectivity index (χ1) is 13.2. The molecule has 6 nitrogen and oxygen atoms in total. The number of carbonyl (C=O) groups excluding carboxylic acids is 1. The highest BCUT2D eigenvalue weighted by molar-refractivity contribution is 8.14. The number of amides is 1. The minimum atomic E-state index is 0.0434. The molecule has 0 spiro atoms. The lowest BCUT2D eigenvalue weighted by atomic mass is 10.0. The molecule has 0 radical (unpaired) electrons. The van der Waals surface area contributed by atoms with E-state index in [1.807, 2.05) is 0 Å². The number of hydrogen-bond acceptors (Lipinski definition) is 5. The van der Waals surface area contributed by atoms with Crippen molar-refractivity contribution in [2.45, 2.75) is 25.3 Å². The minimum Gasteiger partial charge on any atom is -0.383 e. The first-order valence-corrected chi connectivity index (χ1v) is 10.6. The highest BCUT2D eigenvalue weighted by Gasteiger charge is 2.23. The van der Waals surface area contributed by atoms with E-state index < -0.39 is 0 Å². The maximum Gasteiger partial charge on any atom is 0.221 e. The number of benzene rings is 1. The fourth-order valence-corrected chi connectivity index (χ4v) is 4.64. The Morgan fingerprint density at radius 1 is 1.37 bits per heavy atom. The van der Waals surface area contributed by atoms with Gasteiger partial charge < -0.3 is 20.4 Å². The van der Waals surface area contributed by atoms with E-state index in [1.54, 1.807) is 18.8 Å². The molecule has 3 heterocycles. The third-order valence-electron chi connectivity index (χ3n) is 5.22. The SMILES string of the molecule is CNC(=O)C[C@@H]1CSC(c2cc3cccc(NCC4CCOCC4)c3[nH]2)=N1. The number of nitrogens with one attached hydrogen (secondary N) is 3. The molecule has 3 N–H and O–H groups in total. The van der Waals surface area contributed by atoms with E-state index >= 15 is 0 Å². The molecule has 0 saturated carbocycles. The van der Waals surface area contributed by atoms with Gasteiger partial charge in [-0.15, -0.1) is 11.8 Å². The van der Waals surface area contributed by atoms with E-state index in [0.717, 1.165) is 60.3 Å². The molecule has 1 fully saturated rings. The van der Waals surface area contributed by atoms with Gasteiger partial charge in [0, 0.05) is 44.4 Å². The van der Waals surface area contributed by atoms with Crippen LogP contribution in [0.3, 0.4) is 0 Å². The normalized spacial score (nSPS) is 20.6. The van der Waals surface area contributed by atoms with Crippen molar-refractivity contribution < 1.29 is 9.53 Å². The summed E-state index contributed by atoms with van der Waals surface area (Å²) < 4.78 is 5.45. The number of anilines is 1. The number of aromatic nitrogens is 1. The Balaban J connectivity index is 1.49. The van der Waals surface area contributed by atoms with E-state index in [-0.39, 0.29) is 11.9 Å². The third kappa shape index (κ3) is 4.30. The Kier molecular flexibility index (Phi) is 5.69. The molecule has 27 heavy (non-hydrogen) atoms. The Hall–Kier alpha value is -1.99. The molecule has 2 aliphatic heterocycles. The minimum absolute atomic E-state index is 0.0434. The average Bonchev–Trinajstić information content (AvgIpc) is 3.34. The Labute approximate surface area is 163 Å². The predicted molar refractivity (Wildman–Crippen MR) is 112 cm³/mol. The zero-order valence-electron chi connectivity index (χ0n) is 15.6. The summed E-state index contributed by atoms with van der Waals surface area (Å²) in [5.41, 5.74) is 3.29. The smallest absolute Gasteiger partial charge is 0.221 e. The van der Waals surface area contributed by atoms with E-state index in [4.69, 9.17) is 9.73 Å². The summed E-state index contributed by atoms with van der Waals surface area (Å²) in [4.78, 5) is 19.9. The first kappa shape index (κ1) is 18.4. The summed E-state index contributed by atoms with van der Waals surface area (Å²) in [6.45, 7) is 2.72. The molecule has 7 heteroatoms. The van der Waals surface area contributed by atoms with Gasteiger partial charge in [-0.25, -0.2) is 0 Å². The number of fused-ring (bicyclic) bond motifs is 1. The van der Waals surface area contributed by atoms with Crippen LogP contribution in [0.4, 0.5) is 5.69 Å². The zero-order chi connectivity index (χ0) is 18.6. The second-order valence-electron chi connectivity index (χ2n) is 7.17. The molecule has 0 unspecified atom stereocenters. The summed E-state index contributed by atoms with van der Waals surface area (Å²) in [5, 5.41) is 8.47. The summed E-state index contributed by atoms with van der Waals surface area (Å²) in [7, 11) is 1.67. The van der Waals surface area contributed by atoms with E-state index in [9.17, 15) is 4.79 Å². The lowest BCUT2D eigenvalue weighted by Gasteiger charge is -2.22. The Bertz CT molecular complexity index is 842. The van der Waals surface area contributed by atoms with E-state index in [2.05, 4.69) is 39.9 Å². The number of H-pyrrole nitrogens is 1. The van der Waals surface area contributed by atoms with Crippen LogP contribution in [0.2, 0.25) is 0 Å². The van der Waals surface area contributed by atoms with Gasteiger partial charge >= 0.3 is 0 Å². The van der Waals surface area contributed by atoms with Crippen LogP contribution in [0.25, 0.3) is 10.9 Å². The summed E-state index contributed by atoms with van der Waals surface area (Å²) in [6, 6.07) is 8.55. The number of ether oxygens (including phenoxy) is 1. The van der Waals surface area contributed by atoms with Gasteiger partial charge in [0.1, 0.15) is 5.04 Å². The van der Waals surface area contributed by atoms with Crippen LogP contribution in [-0.2, 0) is 9.53 Å². The van der Waals surface area contributed by atoms with Crippen LogP contribution in [0.15, 0.2) is 29.3 Å². The van der Waals surface area contributed by atoms with E-state index in [0.29, 0.717) is 12.3 Å². The molecular weight excluding hydrogens is 360 g/mol.